The number of amides is 5. The topological polar surface area (TPSA) is 1000 Å². The lowest BCUT2D eigenvalue weighted by Gasteiger charge is -2.50. The summed E-state index contributed by atoms with van der Waals surface area (Å²) in [6.45, 7) is -6.08. The van der Waals surface area contributed by atoms with Crippen molar-refractivity contribution in [3.8, 4) is 0 Å². The molecule has 4 aliphatic rings. The number of carbonyl (C=O) groups excluding carboxylic acids is 6. The number of benzene rings is 1. The van der Waals surface area contributed by atoms with E-state index in [2.05, 4.69) is 54.9 Å². The molecule has 4 saturated heterocycles. The van der Waals surface area contributed by atoms with Gasteiger partial charge in [0.05, 0.1) is 51.7 Å². The molecular formula is C43H65N5O61S12. The molecule has 0 spiro atoms. The molecule has 78 heteroatoms. The molecule has 5 amide bonds. The van der Waals surface area contributed by atoms with Gasteiger partial charge < -0.3 is 60.1 Å². The highest BCUT2D eigenvalue weighted by atomic mass is 32.3. The number of nitrogens with one attached hydrogen (secondary N) is 5. The molecule has 21 atom stereocenters. The third kappa shape index (κ3) is 35.1. The number of hydrogen-bond acceptors (Lipinski definition) is 49. The normalized spacial score (nSPS) is 29.4. The van der Waals surface area contributed by atoms with Gasteiger partial charge in [-0.1, -0.05) is 30.3 Å². The maximum Gasteiger partial charge on any atom is 0.408 e. The lowest BCUT2D eigenvalue weighted by Crippen LogP contribution is -2.79. The van der Waals surface area contributed by atoms with Gasteiger partial charge in [-0.2, -0.15) is 101 Å². The molecule has 1 unspecified atom stereocenters. The third-order valence-electron chi connectivity index (χ3n) is 15.0. The molecule has 66 nitrogen and oxygen atoms in total. The van der Waals surface area contributed by atoms with Crippen LogP contribution in [0.5, 0.6) is 0 Å². The molecule has 5 rings (SSSR count). The summed E-state index contributed by atoms with van der Waals surface area (Å²) in [5, 5.41) is 20.0. The Kier molecular flexibility index (Phi) is 34.5. The molecular weight excluding hydrogens is 1950 g/mol. The van der Waals surface area contributed by atoms with Crippen LogP contribution in [0.4, 0.5) is 4.79 Å². The fourth-order valence-electron chi connectivity index (χ4n) is 11.1. The van der Waals surface area contributed by atoms with Gasteiger partial charge in [-0.15, -0.1) is 0 Å². The predicted octanol–water partition coefficient (Wildman–Crippen LogP) is -12.6. The van der Waals surface area contributed by atoms with Crippen molar-refractivity contribution in [2.24, 2.45) is 0 Å². The lowest BCUT2D eigenvalue weighted by molar-refractivity contribution is -0.266. The van der Waals surface area contributed by atoms with Gasteiger partial charge in [0, 0.05) is 6.42 Å². The van der Waals surface area contributed by atoms with Crippen molar-refractivity contribution >= 4 is 160 Å². The minimum absolute atomic E-state index is 0.0126. The Morgan fingerprint density at radius 3 is 0.975 bits per heavy atom. The van der Waals surface area contributed by atoms with Crippen LogP contribution in [-0.4, -0.2) is 363 Å². The van der Waals surface area contributed by atoms with E-state index in [1.54, 1.807) is 5.32 Å². The maximum atomic E-state index is 15.8. The van der Waals surface area contributed by atoms with Crippen molar-refractivity contribution in [1.29, 1.82) is 0 Å². The zero-order valence-electron chi connectivity index (χ0n) is 59.3. The number of esters is 1. The van der Waals surface area contributed by atoms with Crippen molar-refractivity contribution in [2.45, 2.75) is 160 Å². The van der Waals surface area contributed by atoms with Crippen LogP contribution in [0.2, 0.25) is 0 Å². The van der Waals surface area contributed by atoms with E-state index in [4.69, 9.17) is 23.7 Å². The average Bonchev–Trinajstić information content (AvgIpc) is 0.736. The SMILES string of the molecule is COC(=O)C(Cc1ccccc1)NC(=O)[C@@H]1O[C@H](COS(=O)(=O)O)[C@@H](OS(=O)(=O)O)[C@H](OS(=O)(=O)O)[C@]1(O)NC(=O)[C@@H]1O[C@H](COS(=O)(=O)O)[C@@H](OS(=O)(=O)O)[C@H](OS(=O)(=O)O)[C@H]1NC(=O)[C@@H]1O[C@H](COS(=O)(=O)O)[C@@H](OS(=O)(=O)O)[C@H](OS(=O)(=O)O)[C@H]1NC(=O)[C@@H]1O[C@H](COS(=O)(=O)O)[C@@H](OS(=O)(=O)O)[C@H](OS(=O)(=O)O)[C@H]1NC(=O)OC(C)(C)C. The standard InChI is InChI=1S/C43H65N5O61S12/c1-42(2,3)101-41(54)47-23-30(108-120(86,87)88)26(104-116(74,75)76)18(12-94-111(59,60)61)98-32(23)37(50)45-21-28(106-118(80,81)82)24(102-114(68,69)70)17(11-93-110(56,57)58)97-31(21)36(49)46-22-29(107-119(83,84)85)25(103-115(71,72)73)19(13-95-112(62,63)64)99-33(22)38(51)48-43(55)34(109-121(89,90)91)27(105-117(77,78)79)20(14-96-113(65,66)67)100-35(43)39(52)44-16(40(53)92-4)10-15-8-6-5-7-9-15/h5-9,16-35,55H,10-14H2,1-4H3,(H,44,52)(H,45,50)(H,46,49)(H,47,54)(H,48,51)(H,56,57,58)(H,59,60,61)(H,62,63,64)(H,65,66,67)(H,68,69,70)(H,71,72,73)(H,74,75,76)(H,77,78,79)(H,80,81,82)(H,83,84,85)(H,86,87,88)(H,89,90,91)/t16?,17-,18-,19-,20-,21-,22-,23-,24-,25-,26-,27-,28-,29-,30-,31-,32-,33-,34+,35+,43-/m1/s1. The summed E-state index contributed by atoms with van der Waals surface area (Å²) in [6, 6.07) is -7.05. The summed E-state index contributed by atoms with van der Waals surface area (Å²) in [5.74, 6) is -12.5. The van der Waals surface area contributed by atoms with Gasteiger partial charge in [-0.25, -0.2) is 59.8 Å². The molecule has 0 bridgehead atoms. The zero-order valence-corrected chi connectivity index (χ0v) is 69.1. The molecule has 0 aromatic heterocycles. The van der Waals surface area contributed by atoms with Crippen LogP contribution in [-0.2, 0) is 234 Å². The monoisotopic (exact) mass is 2010 g/mol. The van der Waals surface area contributed by atoms with Gasteiger partial charge in [-0.05, 0) is 26.3 Å². The lowest BCUT2D eigenvalue weighted by atomic mass is 9.86. The zero-order chi connectivity index (χ0) is 92.9. The van der Waals surface area contributed by atoms with E-state index in [0.717, 1.165) is 26.1 Å². The third-order valence-corrected chi connectivity index (χ3v) is 20.4. The van der Waals surface area contributed by atoms with Crippen LogP contribution in [0, 0.1) is 0 Å². The van der Waals surface area contributed by atoms with Crippen molar-refractivity contribution in [2.75, 3.05) is 33.5 Å². The Balaban J connectivity index is 2.01. The molecule has 0 saturated carbocycles. The molecule has 4 fully saturated rings. The van der Waals surface area contributed by atoms with Crippen molar-refractivity contribution in [3.05, 3.63) is 35.9 Å². The molecule has 0 aliphatic carbocycles. The summed E-state index contributed by atoms with van der Waals surface area (Å²) in [6.07, 6.45) is -61.4. The minimum Gasteiger partial charge on any atom is -0.467 e. The smallest absolute Gasteiger partial charge is 0.408 e. The largest absolute Gasteiger partial charge is 0.467 e. The Morgan fingerprint density at radius 1 is 0.388 bits per heavy atom. The van der Waals surface area contributed by atoms with Crippen molar-refractivity contribution in [1.82, 2.24) is 26.6 Å². The second-order valence-electron chi connectivity index (χ2n) is 24.9. The maximum absolute atomic E-state index is 15.8. The van der Waals surface area contributed by atoms with Crippen LogP contribution in [0.25, 0.3) is 0 Å². The Bertz CT molecular complexity index is 5430. The quantitative estimate of drug-likeness (QED) is 0.0165. The van der Waals surface area contributed by atoms with Gasteiger partial charge in [0.25, 0.3) is 23.6 Å². The first-order valence-corrected chi connectivity index (χ1v) is 47.1. The van der Waals surface area contributed by atoms with E-state index in [1.165, 1.54) is 46.3 Å². The van der Waals surface area contributed by atoms with Crippen LogP contribution in [0.3, 0.4) is 0 Å². The molecule has 0 radical (unpaired) electrons. The fourth-order valence-corrected chi connectivity index (χ4v) is 16.5. The number of rotatable bonds is 40. The molecule has 1 aromatic carbocycles. The number of ether oxygens (including phenoxy) is 6. The van der Waals surface area contributed by atoms with E-state index in [1.807, 2.05) is 0 Å². The highest BCUT2D eigenvalue weighted by Crippen LogP contribution is 2.39. The van der Waals surface area contributed by atoms with Crippen molar-refractivity contribution in [3.63, 3.8) is 0 Å². The number of carbonyl (C=O) groups is 6. The van der Waals surface area contributed by atoms with E-state index in [0.29, 0.717) is 7.11 Å². The van der Waals surface area contributed by atoms with Gasteiger partial charge in [0.15, 0.2) is 30.5 Å². The number of hydrogen-bond donors (Lipinski definition) is 18. The second-order valence-corrected chi connectivity index (χ2v) is 37.6. The first kappa shape index (κ1) is 106. The van der Waals surface area contributed by atoms with Crippen LogP contribution < -0.4 is 26.6 Å². The van der Waals surface area contributed by atoms with Gasteiger partial charge in [0.1, 0.15) is 78.8 Å². The summed E-state index contributed by atoms with van der Waals surface area (Å²) in [7, 11) is -77.0. The van der Waals surface area contributed by atoms with E-state index >= 15 is 14.4 Å². The Morgan fingerprint density at radius 2 is 0.678 bits per heavy atom. The molecule has 4 heterocycles. The number of alkyl carbamates (subject to hydrolysis) is 1. The van der Waals surface area contributed by atoms with Gasteiger partial charge in [0.2, 0.25) is 5.72 Å². The fraction of sp³-hybridized carbons (Fsp3) is 0.721. The Hall–Kier alpha value is -5.92. The van der Waals surface area contributed by atoms with Crippen LogP contribution in [0.15, 0.2) is 30.3 Å². The number of aliphatic hydroxyl groups is 1. The van der Waals surface area contributed by atoms with E-state index < -0.39 is 326 Å². The molecule has 18 N–H and O–H groups in total. The summed E-state index contributed by atoms with van der Waals surface area (Å²) >= 11 is 0. The van der Waals surface area contributed by atoms with Crippen LogP contribution in [0.1, 0.15) is 26.3 Å². The molecule has 4 aliphatic heterocycles. The molecule has 1 aromatic rings. The summed E-state index contributed by atoms with van der Waals surface area (Å²) in [5.41, 5.74) is -6.85. The second kappa shape index (κ2) is 39.5. The minimum atomic E-state index is -6.87. The van der Waals surface area contributed by atoms with E-state index in [9.17, 15) is 175 Å². The molecule has 700 valence electrons. The highest BCUT2D eigenvalue weighted by Gasteiger charge is 2.66. The highest BCUT2D eigenvalue weighted by molar-refractivity contribution is 7.83. The summed E-state index contributed by atoms with van der Waals surface area (Å²) in [4.78, 5) is 88.8. The first-order valence-electron chi connectivity index (χ1n) is 30.7. The predicted molar refractivity (Wildman–Crippen MR) is 360 cm³/mol. The molecule has 121 heavy (non-hydrogen) atoms. The van der Waals surface area contributed by atoms with E-state index in [-0.39, 0.29) is 5.56 Å². The van der Waals surface area contributed by atoms with Gasteiger partial charge >= 0.3 is 137 Å². The number of methoxy groups -OCH3 is 1. The van der Waals surface area contributed by atoms with Crippen LogP contribution >= 0.6 is 0 Å². The summed E-state index contributed by atoms with van der Waals surface area (Å²) < 4.78 is 503. The van der Waals surface area contributed by atoms with Crippen molar-refractivity contribution < 1.29 is 268 Å². The Labute approximate surface area is 681 Å². The first-order chi connectivity index (χ1) is 54.3. The average molecular weight is 2010 g/mol. The van der Waals surface area contributed by atoms with Gasteiger partial charge in [-0.3, -0.25) is 73.8 Å².